The third-order valence-corrected chi connectivity index (χ3v) is 4.95. The molecule has 1 aliphatic heterocycles. The van der Waals surface area contributed by atoms with E-state index in [9.17, 15) is 13.6 Å². The van der Waals surface area contributed by atoms with Gasteiger partial charge in [-0.25, -0.2) is 8.78 Å². The average Bonchev–Trinajstić information content (AvgIpc) is 2.73. The summed E-state index contributed by atoms with van der Waals surface area (Å²) in [5, 5.41) is 0.262. The first-order valence-corrected chi connectivity index (χ1v) is 9.55. The minimum atomic E-state index is -2.88. The summed E-state index contributed by atoms with van der Waals surface area (Å²) in [5.74, 6) is -2.68. The van der Waals surface area contributed by atoms with Gasteiger partial charge in [0.05, 0.1) is 18.2 Å². The Balaban J connectivity index is 1.69. The molecule has 0 spiro atoms. The summed E-state index contributed by atoms with van der Waals surface area (Å²) < 4.78 is 37.1. The molecule has 0 aliphatic carbocycles. The summed E-state index contributed by atoms with van der Waals surface area (Å²) in [6.07, 6.45) is -0.293. The molecule has 2 aromatic carbocycles. The number of amides is 1. The highest BCUT2D eigenvalue weighted by Crippen LogP contribution is 2.32. The first-order valence-electron chi connectivity index (χ1n) is 9.17. The van der Waals surface area contributed by atoms with Gasteiger partial charge in [0.15, 0.2) is 6.61 Å². The van der Waals surface area contributed by atoms with Crippen LogP contribution < -0.4 is 4.74 Å². The van der Waals surface area contributed by atoms with Crippen LogP contribution in [0, 0.1) is 0 Å². The molecular formula is C21H22ClF2NO3. The molecule has 1 heterocycles. The number of benzene rings is 2. The third kappa shape index (κ3) is 5.00. The van der Waals surface area contributed by atoms with E-state index in [0.717, 1.165) is 11.1 Å². The van der Waals surface area contributed by atoms with Gasteiger partial charge in [0.1, 0.15) is 5.75 Å². The Morgan fingerprint density at radius 3 is 2.39 bits per heavy atom. The van der Waals surface area contributed by atoms with Crippen LogP contribution >= 0.6 is 11.6 Å². The van der Waals surface area contributed by atoms with E-state index in [1.807, 2.05) is 12.1 Å². The highest BCUT2D eigenvalue weighted by atomic mass is 35.5. The van der Waals surface area contributed by atoms with Crippen molar-refractivity contribution in [3.05, 3.63) is 53.1 Å². The lowest BCUT2D eigenvalue weighted by atomic mass is 10.0. The van der Waals surface area contributed by atoms with Crippen molar-refractivity contribution in [3.8, 4) is 16.9 Å². The van der Waals surface area contributed by atoms with Gasteiger partial charge in [-0.2, -0.15) is 0 Å². The fraction of sp³-hybridized carbons (Fsp3) is 0.381. The number of ether oxygens (including phenoxy) is 2. The fourth-order valence-corrected chi connectivity index (χ4v) is 3.07. The van der Waals surface area contributed by atoms with E-state index in [0.29, 0.717) is 31.9 Å². The first kappa shape index (κ1) is 20.6. The monoisotopic (exact) mass is 409 g/mol. The second-order valence-corrected chi connectivity index (χ2v) is 7.03. The third-order valence-electron chi connectivity index (χ3n) is 4.65. The maximum absolute atomic E-state index is 13.3. The molecule has 28 heavy (non-hydrogen) atoms. The van der Waals surface area contributed by atoms with Crippen molar-refractivity contribution in [3.63, 3.8) is 0 Å². The van der Waals surface area contributed by atoms with E-state index in [1.165, 1.54) is 6.92 Å². The van der Waals surface area contributed by atoms with Crippen LogP contribution in [0.4, 0.5) is 8.78 Å². The normalized spacial score (nSPS) is 14.8. The first-order chi connectivity index (χ1) is 13.4. The molecule has 0 radical (unpaired) electrons. The summed E-state index contributed by atoms with van der Waals surface area (Å²) in [6, 6.07) is 12.2. The number of nitrogens with zero attached hydrogens (tertiary/aromatic N) is 1. The maximum Gasteiger partial charge on any atom is 0.281 e. The van der Waals surface area contributed by atoms with Gasteiger partial charge in [-0.15, -0.1) is 0 Å². The fourth-order valence-electron chi connectivity index (χ4n) is 2.84. The maximum atomic E-state index is 13.3. The topological polar surface area (TPSA) is 38.8 Å². The lowest BCUT2D eigenvalue weighted by molar-refractivity contribution is -0.0435. The van der Waals surface area contributed by atoms with Crippen molar-refractivity contribution >= 4 is 17.5 Å². The number of halogens is 3. The number of hydrogen-bond acceptors (Lipinski definition) is 3. The van der Waals surface area contributed by atoms with Crippen LogP contribution in [0.3, 0.4) is 0 Å². The quantitative estimate of drug-likeness (QED) is 0.681. The molecule has 7 heteroatoms. The number of morpholine rings is 1. The molecule has 0 saturated carbocycles. The van der Waals surface area contributed by atoms with Crippen molar-refractivity contribution in [1.29, 1.82) is 0 Å². The Bertz CT molecular complexity index is 821. The van der Waals surface area contributed by atoms with Crippen molar-refractivity contribution in [2.45, 2.75) is 19.3 Å². The summed E-state index contributed by atoms with van der Waals surface area (Å²) in [7, 11) is 0. The zero-order valence-electron chi connectivity index (χ0n) is 15.6. The van der Waals surface area contributed by atoms with Gasteiger partial charge < -0.3 is 14.4 Å². The highest BCUT2D eigenvalue weighted by Gasteiger charge is 2.27. The number of alkyl halides is 2. The summed E-state index contributed by atoms with van der Waals surface area (Å²) in [6.45, 7) is 2.99. The molecule has 1 fully saturated rings. The van der Waals surface area contributed by atoms with Crippen molar-refractivity contribution in [2.24, 2.45) is 0 Å². The highest BCUT2D eigenvalue weighted by molar-refractivity contribution is 6.32. The zero-order chi connectivity index (χ0) is 20.1. The average molecular weight is 410 g/mol. The standard InChI is InChI=1S/C21H22ClF2NO3/c1-2-21(23,24)14-28-19-8-7-17(13-18(19)22)15-3-5-16(6-4-15)20(26)25-9-11-27-12-10-25/h3-8,13H,2,9-12,14H2,1H3. The van der Waals surface area contributed by atoms with Gasteiger partial charge in [-0.3, -0.25) is 4.79 Å². The molecule has 4 nitrogen and oxygen atoms in total. The van der Waals surface area contributed by atoms with Crippen molar-refractivity contribution in [1.82, 2.24) is 4.90 Å². The largest absolute Gasteiger partial charge is 0.486 e. The van der Waals surface area contributed by atoms with Crippen LogP contribution in [-0.4, -0.2) is 49.6 Å². The number of carbonyl (C=O) groups excluding carboxylic acids is 1. The number of carbonyl (C=O) groups is 1. The van der Waals surface area contributed by atoms with Crippen LogP contribution in [0.25, 0.3) is 11.1 Å². The summed E-state index contributed by atoms with van der Waals surface area (Å²) in [5.41, 5.74) is 2.29. The van der Waals surface area contributed by atoms with Gasteiger partial charge in [0, 0.05) is 25.1 Å². The van der Waals surface area contributed by atoms with Gasteiger partial charge in [0.25, 0.3) is 11.8 Å². The zero-order valence-corrected chi connectivity index (χ0v) is 16.3. The van der Waals surface area contributed by atoms with E-state index in [-0.39, 0.29) is 23.1 Å². The van der Waals surface area contributed by atoms with Gasteiger partial charge in [-0.05, 0) is 35.4 Å². The van der Waals surface area contributed by atoms with Crippen LogP contribution in [-0.2, 0) is 4.74 Å². The van der Waals surface area contributed by atoms with Gasteiger partial charge >= 0.3 is 0 Å². The van der Waals surface area contributed by atoms with Crippen LogP contribution in [0.5, 0.6) is 5.75 Å². The lowest BCUT2D eigenvalue weighted by Crippen LogP contribution is -2.40. The Hall–Kier alpha value is -2.18. The van der Waals surface area contributed by atoms with E-state index in [4.69, 9.17) is 21.1 Å². The molecular weight excluding hydrogens is 388 g/mol. The second-order valence-electron chi connectivity index (χ2n) is 6.63. The summed E-state index contributed by atoms with van der Waals surface area (Å²) >= 11 is 6.19. The van der Waals surface area contributed by atoms with E-state index in [2.05, 4.69) is 0 Å². The van der Waals surface area contributed by atoms with E-state index in [1.54, 1.807) is 35.2 Å². The Morgan fingerprint density at radius 2 is 1.79 bits per heavy atom. The number of rotatable bonds is 6. The molecule has 1 aliphatic rings. The smallest absolute Gasteiger partial charge is 0.281 e. The Morgan fingerprint density at radius 1 is 1.14 bits per heavy atom. The predicted molar refractivity (Wildman–Crippen MR) is 104 cm³/mol. The molecule has 1 amide bonds. The molecule has 0 unspecified atom stereocenters. The Kier molecular flexibility index (Phi) is 6.52. The van der Waals surface area contributed by atoms with E-state index >= 15 is 0 Å². The van der Waals surface area contributed by atoms with Gasteiger partial charge in [-0.1, -0.05) is 36.7 Å². The minimum Gasteiger partial charge on any atom is -0.486 e. The molecule has 1 saturated heterocycles. The molecule has 0 aromatic heterocycles. The molecule has 3 rings (SSSR count). The lowest BCUT2D eigenvalue weighted by Gasteiger charge is -2.26. The molecule has 150 valence electrons. The molecule has 0 N–H and O–H groups in total. The van der Waals surface area contributed by atoms with Crippen LogP contribution in [0.2, 0.25) is 5.02 Å². The minimum absolute atomic E-state index is 0.0199. The Labute approximate surface area is 168 Å². The van der Waals surface area contributed by atoms with E-state index < -0.39 is 12.5 Å². The second kappa shape index (κ2) is 8.88. The van der Waals surface area contributed by atoms with Crippen LogP contribution in [0.15, 0.2) is 42.5 Å². The van der Waals surface area contributed by atoms with Gasteiger partial charge in [0.2, 0.25) is 0 Å². The SMILES string of the molecule is CCC(F)(F)COc1ccc(-c2ccc(C(=O)N3CCOCC3)cc2)cc1Cl. The van der Waals surface area contributed by atoms with Crippen molar-refractivity contribution < 1.29 is 23.0 Å². The molecule has 0 atom stereocenters. The number of hydrogen-bond donors (Lipinski definition) is 0. The predicted octanol–water partition coefficient (Wildman–Crippen LogP) is 4.90. The molecule has 2 aromatic rings. The summed E-state index contributed by atoms with van der Waals surface area (Å²) in [4.78, 5) is 14.3. The van der Waals surface area contributed by atoms with Crippen molar-refractivity contribution in [2.75, 3.05) is 32.9 Å². The van der Waals surface area contributed by atoms with Crippen LogP contribution in [0.1, 0.15) is 23.7 Å². The molecule has 0 bridgehead atoms.